The maximum absolute atomic E-state index is 13.3. The van der Waals surface area contributed by atoms with Crippen molar-refractivity contribution in [3.63, 3.8) is 0 Å². The highest BCUT2D eigenvalue weighted by Gasteiger charge is 2.16. The van der Waals surface area contributed by atoms with Crippen molar-refractivity contribution in [3.8, 4) is 0 Å². The lowest BCUT2D eigenvalue weighted by atomic mass is 9.82. The first-order valence-corrected chi connectivity index (χ1v) is 10.3. The third kappa shape index (κ3) is 6.57. The van der Waals surface area contributed by atoms with E-state index in [0.29, 0.717) is 0 Å². The first-order valence-electron chi connectivity index (χ1n) is 10.3. The third-order valence-electron chi connectivity index (χ3n) is 6.20. The average Bonchev–Trinajstić information content (AvgIpc) is 2.60. The molecule has 2 saturated carbocycles. The normalized spacial score (nSPS) is 25.0. The molecule has 0 atom stereocenters. The maximum atomic E-state index is 13.3. The van der Waals surface area contributed by atoms with Gasteiger partial charge in [-0.3, -0.25) is 0 Å². The summed E-state index contributed by atoms with van der Waals surface area (Å²) in [5.74, 6) is 2.83. The van der Waals surface area contributed by atoms with Crippen molar-refractivity contribution in [2.45, 2.75) is 91.4 Å². The van der Waals surface area contributed by atoms with Gasteiger partial charge in [0.05, 0.1) is 0 Å². The summed E-state index contributed by atoms with van der Waals surface area (Å²) in [6.45, 7) is 6.52. The van der Waals surface area contributed by atoms with E-state index in [0.717, 1.165) is 29.7 Å². The highest BCUT2D eigenvalue weighted by atomic mass is 19.1. The van der Waals surface area contributed by atoms with Gasteiger partial charge in [-0.1, -0.05) is 90.2 Å². The molecule has 1 aromatic rings. The van der Waals surface area contributed by atoms with Gasteiger partial charge in [-0.25, -0.2) is 4.39 Å². The van der Waals surface area contributed by atoms with Crippen LogP contribution in [0.25, 0.3) is 0 Å². The predicted molar refractivity (Wildman–Crippen MR) is 103 cm³/mol. The molecule has 0 amide bonds. The van der Waals surface area contributed by atoms with Gasteiger partial charge >= 0.3 is 0 Å². The minimum atomic E-state index is -0.0525. The second-order valence-corrected chi connectivity index (χ2v) is 8.33. The molecule has 1 aromatic carbocycles. The zero-order chi connectivity index (χ0) is 17.4. The standard InChI is InChI=1S/C14H19F.C9H18/c1-11-7-8-13(10-14(11)15)9-12-5-3-2-4-6-12;1-3-9-6-4-8(2)5-7-9/h7-8,10,12H,2-6,9H2,1H3;8-9H,3-7H2,1-2H3. The summed E-state index contributed by atoms with van der Waals surface area (Å²) in [6, 6.07) is 5.68. The molecule has 136 valence electrons. The first kappa shape index (κ1) is 19.5. The monoisotopic (exact) mass is 332 g/mol. The Bertz CT molecular complexity index is 465. The van der Waals surface area contributed by atoms with Crippen molar-refractivity contribution in [3.05, 3.63) is 35.1 Å². The van der Waals surface area contributed by atoms with Crippen molar-refractivity contribution >= 4 is 0 Å². The van der Waals surface area contributed by atoms with Crippen LogP contribution >= 0.6 is 0 Å². The average molecular weight is 333 g/mol. The molecule has 0 saturated heterocycles. The molecule has 0 unspecified atom stereocenters. The van der Waals surface area contributed by atoms with E-state index in [1.165, 1.54) is 69.8 Å². The zero-order valence-corrected chi connectivity index (χ0v) is 16.1. The van der Waals surface area contributed by atoms with E-state index in [-0.39, 0.29) is 5.82 Å². The van der Waals surface area contributed by atoms with Crippen molar-refractivity contribution in [2.24, 2.45) is 17.8 Å². The Hall–Kier alpha value is -0.850. The quantitative estimate of drug-likeness (QED) is 0.538. The summed E-state index contributed by atoms with van der Waals surface area (Å²) in [6.07, 6.45) is 15.2. The van der Waals surface area contributed by atoms with Crippen molar-refractivity contribution in [1.29, 1.82) is 0 Å². The van der Waals surface area contributed by atoms with Crippen LogP contribution in [0.2, 0.25) is 0 Å². The van der Waals surface area contributed by atoms with E-state index < -0.39 is 0 Å². The maximum Gasteiger partial charge on any atom is 0.126 e. The fourth-order valence-electron chi connectivity index (χ4n) is 4.23. The minimum Gasteiger partial charge on any atom is -0.207 e. The van der Waals surface area contributed by atoms with Gasteiger partial charge in [0.15, 0.2) is 0 Å². The van der Waals surface area contributed by atoms with E-state index in [1.807, 2.05) is 13.0 Å². The van der Waals surface area contributed by atoms with Crippen LogP contribution in [-0.4, -0.2) is 0 Å². The lowest BCUT2D eigenvalue weighted by molar-refractivity contribution is 0.284. The molecule has 0 heterocycles. The summed E-state index contributed by atoms with van der Waals surface area (Å²) >= 11 is 0. The lowest BCUT2D eigenvalue weighted by Gasteiger charge is -2.24. The Labute approximate surface area is 149 Å². The van der Waals surface area contributed by atoms with Crippen LogP contribution in [0.15, 0.2) is 18.2 Å². The molecule has 0 spiro atoms. The van der Waals surface area contributed by atoms with Crippen LogP contribution in [0.5, 0.6) is 0 Å². The van der Waals surface area contributed by atoms with E-state index in [1.54, 1.807) is 6.07 Å². The van der Waals surface area contributed by atoms with Crippen LogP contribution in [0, 0.1) is 30.5 Å². The van der Waals surface area contributed by atoms with Crippen molar-refractivity contribution < 1.29 is 4.39 Å². The number of aryl methyl sites for hydroxylation is 1. The van der Waals surface area contributed by atoms with Crippen molar-refractivity contribution in [2.75, 3.05) is 0 Å². The molecule has 0 nitrogen and oxygen atoms in total. The zero-order valence-electron chi connectivity index (χ0n) is 16.1. The van der Waals surface area contributed by atoms with Crippen molar-refractivity contribution in [1.82, 2.24) is 0 Å². The Balaban J connectivity index is 0.000000198. The van der Waals surface area contributed by atoms with Crippen LogP contribution < -0.4 is 0 Å². The summed E-state index contributed by atoms with van der Waals surface area (Å²) in [4.78, 5) is 0. The van der Waals surface area contributed by atoms with Crippen LogP contribution in [0.1, 0.15) is 89.2 Å². The molecule has 2 fully saturated rings. The van der Waals surface area contributed by atoms with Gasteiger partial charge in [-0.2, -0.15) is 0 Å². The molecule has 0 radical (unpaired) electrons. The predicted octanol–water partition coefficient (Wildman–Crippen LogP) is 7.48. The van der Waals surface area contributed by atoms with Gasteiger partial charge in [0.2, 0.25) is 0 Å². The van der Waals surface area contributed by atoms with Gasteiger partial charge < -0.3 is 0 Å². The third-order valence-corrected chi connectivity index (χ3v) is 6.20. The molecule has 2 aliphatic carbocycles. The number of benzene rings is 1. The molecule has 0 aromatic heterocycles. The molecular weight excluding hydrogens is 295 g/mol. The number of hydrogen-bond acceptors (Lipinski definition) is 0. The van der Waals surface area contributed by atoms with Gasteiger partial charge in [-0.05, 0) is 48.3 Å². The van der Waals surface area contributed by atoms with Gasteiger partial charge in [0.1, 0.15) is 5.82 Å². The molecule has 24 heavy (non-hydrogen) atoms. The minimum absolute atomic E-state index is 0.0525. The largest absolute Gasteiger partial charge is 0.207 e. The molecule has 2 aliphatic rings. The molecule has 3 rings (SSSR count). The fourth-order valence-corrected chi connectivity index (χ4v) is 4.23. The number of rotatable bonds is 3. The Morgan fingerprint density at radius 3 is 2.17 bits per heavy atom. The molecule has 0 N–H and O–H groups in total. The van der Waals surface area contributed by atoms with Crippen LogP contribution in [0.4, 0.5) is 4.39 Å². The van der Waals surface area contributed by atoms with Crippen LogP contribution in [0.3, 0.4) is 0 Å². The first-order chi connectivity index (χ1) is 11.6. The number of hydrogen-bond donors (Lipinski definition) is 0. The van der Waals surface area contributed by atoms with Gasteiger partial charge in [-0.15, -0.1) is 0 Å². The van der Waals surface area contributed by atoms with E-state index in [9.17, 15) is 4.39 Å². The Kier molecular flexibility index (Phi) is 8.29. The van der Waals surface area contributed by atoms with E-state index in [4.69, 9.17) is 0 Å². The molecular formula is C23H37F. The topological polar surface area (TPSA) is 0 Å². The summed E-state index contributed by atoms with van der Waals surface area (Å²) < 4.78 is 13.3. The highest BCUT2D eigenvalue weighted by Crippen LogP contribution is 2.29. The smallest absolute Gasteiger partial charge is 0.126 e. The van der Waals surface area contributed by atoms with E-state index in [2.05, 4.69) is 19.9 Å². The SMILES string of the molecule is CCC1CCC(C)CC1.Cc1ccc(CC2CCCCC2)cc1F. The van der Waals surface area contributed by atoms with Crippen LogP contribution in [-0.2, 0) is 6.42 Å². The molecule has 1 heteroatoms. The molecule has 0 aliphatic heterocycles. The summed E-state index contributed by atoms with van der Waals surface area (Å²) in [5.41, 5.74) is 1.92. The van der Waals surface area contributed by atoms with E-state index >= 15 is 0 Å². The Morgan fingerprint density at radius 2 is 1.58 bits per heavy atom. The highest BCUT2D eigenvalue weighted by molar-refractivity contribution is 5.23. The second-order valence-electron chi connectivity index (χ2n) is 8.33. The van der Waals surface area contributed by atoms with Gasteiger partial charge in [0.25, 0.3) is 0 Å². The Morgan fingerprint density at radius 1 is 0.917 bits per heavy atom. The summed E-state index contributed by atoms with van der Waals surface area (Å²) in [5, 5.41) is 0. The number of halogens is 1. The van der Waals surface area contributed by atoms with Gasteiger partial charge in [0, 0.05) is 0 Å². The molecule has 0 bridgehead atoms. The lowest BCUT2D eigenvalue weighted by Crippen LogP contribution is -2.10. The fraction of sp³-hybridized carbons (Fsp3) is 0.739. The second kappa shape index (κ2) is 10.2. The summed E-state index contributed by atoms with van der Waals surface area (Å²) in [7, 11) is 0.